The minimum absolute atomic E-state index is 0.378. The molecule has 5 nitrogen and oxygen atoms in total. The Labute approximate surface area is 86.5 Å². The number of aromatic nitrogens is 3. The van der Waals surface area contributed by atoms with Crippen LogP contribution in [0.2, 0.25) is 0 Å². The number of pyridine rings is 1. The van der Waals surface area contributed by atoms with Crippen LogP contribution in [-0.2, 0) is 0 Å². The zero-order valence-corrected chi connectivity index (χ0v) is 8.05. The lowest BCUT2D eigenvalue weighted by Crippen LogP contribution is -2.40. The second-order valence-corrected chi connectivity index (χ2v) is 3.55. The van der Waals surface area contributed by atoms with E-state index in [9.17, 15) is 0 Å². The molecule has 1 N–H and O–H groups in total. The van der Waals surface area contributed by atoms with Gasteiger partial charge in [-0.3, -0.25) is 4.98 Å². The van der Waals surface area contributed by atoms with Crippen molar-refractivity contribution in [1.82, 2.24) is 20.4 Å². The zero-order valence-electron chi connectivity index (χ0n) is 8.05. The summed E-state index contributed by atoms with van der Waals surface area (Å²) in [5.74, 6) is 1.71. The largest absolute Gasteiger partial charge is 0.339 e. The molecule has 1 fully saturated rings. The Hall–Kier alpha value is -1.75. The molecule has 3 heterocycles. The van der Waals surface area contributed by atoms with Gasteiger partial charge in [0.1, 0.15) is 0 Å². The van der Waals surface area contributed by atoms with Crippen molar-refractivity contribution in [3.8, 4) is 11.4 Å². The standard InChI is InChI=1S/C10H10N4O/c1-2-7(4-11-3-1)9-13-10(15-14-9)8-5-12-6-8/h1-4,8,12H,5-6H2. The van der Waals surface area contributed by atoms with E-state index in [1.54, 1.807) is 12.4 Å². The molecule has 0 bridgehead atoms. The lowest BCUT2D eigenvalue weighted by atomic mass is 10.0. The van der Waals surface area contributed by atoms with Gasteiger partial charge in [0.25, 0.3) is 0 Å². The third-order valence-corrected chi connectivity index (χ3v) is 2.49. The van der Waals surface area contributed by atoms with Crippen molar-refractivity contribution in [2.75, 3.05) is 13.1 Å². The maximum absolute atomic E-state index is 5.19. The third-order valence-electron chi connectivity index (χ3n) is 2.49. The molecule has 3 rings (SSSR count). The monoisotopic (exact) mass is 202 g/mol. The molecule has 1 aliphatic heterocycles. The lowest BCUT2D eigenvalue weighted by molar-refractivity contribution is 0.308. The number of hydrogen-bond donors (Lipinski definition) is 1. The Bertz CT molecular complexity index is 449. The molecular weight excluding hydrogens is 192 g/mol. The summed E-state index contributed by atoms with van der Waals surface area (Å²) < 4.78 is 5.19. The highest BCUT2D eigenvalue weighted by Crippen LogP contribution is 2.21. The summed E-state index contributed by atoms with van der Waals surface area (Å²) in [6, 6.07) is 3.77. The van der Waals surface area contributed by atoms with Gasteiger partial charge in [-0.05, 0) is 12.1 Å². The fourth-order valence-electron chi connectivity index (χ4n) is 1.48. The summed E-state index contributed by atoms with van der Waals surface area (Å²) in [7, 11) is 0. The van der Waals surface area contributed by atoms with Crippen molar-refractivity contribution >= 4 is 0 Å². The summed E-state index contributed by atoms with van der Waals surface area (Å²) in [6.45, 7) is 1.85. The number of rotatable bonds is 2. The van der Waals surface area contributed by atoms with Gasteiger partial charge in [-0.1, -0.05) is 5.16 Å². The average molecular weight is 202 g/mol. The van der Waals surface area contributed by atoms with Crippen molar-refractivity contribution in [2.24, 2.45) is 0 Å². The van der Waals surface area contributed by atoms with Gasteiger partial charge in [0.15, 0.2) is 0 Å². The third kappa shape index (κ3) is 1.50. The first-order valence-electron chi connectivity index (χ1n) is 4.88. The molecule has 0 aliphatic carbocycles. The Morgan fingerprint density at radius 1 is 1.40 bits per heavy atom. The normalized spacial score (nSPS) is 16.3. The predicted octanol–water partition coefficient (Wildman–Crippen LogP) is 0.818. The summed E-state index contributed by atoms with van der Waals surface area (Å²) in [5.41, 5.74) is 0.889. The van der Waals surface area contributed by atoms with Crippen LogP contribution in [0.5, 0.6) is 0 Å². The molecule has 0 saturated carbocycles. The van der Waals surface area contributed by atoms with E-state index in [2.05, 4.69) is 20.4 Å². The molecule has 0 radical (unpaired) electrons. The molecule has 5 heteroatoms. The number of hydrogen-bond acceptors (Lipinski definition) is 5. The van der Waals surface area contributed by atoms with Crippen LogP contribution in [-0.4, -0.2) is 28.2 Å². The number of nitrogens with zero attached hydrogens (tertiary/aromatic N) is 3. The first-order chi connectivity index (χ1) is 7.43. The molecule has 0 aromatic carbocycles. The van der Waals surface area contributed by atoms with Crippen LogP contribution in [0.1, 0.15) is 11.8 Å². The van der Waals surface area contributed by atoms with Crippen molar-refractivity contribution < 1.29 is 4.52 Å². The second kappa shape index (κ2) is 3.43. The van der Waals surface area contributed by atoms with Gasteiger partial charge in [0.2, 0.25) is 11.7 Å². The highest BCUT2D eigenvalue weighted by atomic mass is 16.5. The van der Waals surface area contributed by atoms with Gasteiger partial charge in [-0.25, -0.2) is 0 Å². The van der Waals surface area contributed by atoms with E-state index < -0.39 is 0 Å². The molecule has 1 aliphatic rings. The molecule has 2 aromatic heterocycles. The smallest absolute Gasteiger partial charge is 0.232 e. The van der Waals surface area contributed by atoms with Crippen LogP contribution in [0.25, 0.3) is 11.4 Å². The van der Waals surface area contributed by atoms with E-state index >= 15 is 0 Å². The van der Waals surface area contributed by atoms with Crippen molar-refractivity contribution in [2.45, 2.75) is 5.92 Å². The van der Waals surface area contributed by atoms with E-state index in [-0.39, 0.29) is 0 Å². The molecule has 2 aromatic rings. The predicted molar refractivity (Wildman–Crippen MR) is 53.1 cm³/mol. The number of nitrogens with one attached hydrogen (secondary N) is 1. The second-order valence-electron chi connectivity index (χ2n) is 3.55. The van der Waals surface area contributed by atoms with E-state index in [4.69, 9.17) is 4.52 Å². The van der Waals surface area contributed by atoms with Gasteiger partial charge in [-0.15, -0.1) is 0 Å². The van der Waals surface area contributed by atoms with E-state index in [1.165, 1.54) is 0 Å². The molecule has 1 saturated heterocycles. The van der Waals surface area contributed by atoms with Gasteiger partial charge >= 0.3 is 0 Å². The lowest BCUT2D eigenvalue weighted by Gasteiger charge is -2.22. The minimum Gasteiger partial charge on any atom is -0.339 e. The van der Waals surface area contributed by atoms with Crippen LogP contribution < -0.4 is 5.32 Å². The van der Waals surface area contributed by atoms with Gasteiger partial charge in [0, 0.05) is 31.0 Å². The van der Waals surface area contributed by atoms with Crippen LogP contribution in [0.4, 0.5) is 0 Å². The minimum atomic E-state index is 0.378. The molecule has 0 atom stereocenters. The molecule has 0 amide bonds. The maximum atomic E-state index is 5.19. The quantitative estimate of drug-likeness (QED) is 0.781. The summed E-state index contributed by atoms with van der Waals surface area (Å²) in [4.78, 5) is 8.36. The topological polar surface area (TPSA) is 63.8 Å². The van der Waals surface area contributed by atoms with Crippen LogP contribution in [0, 0.1) is 0 Å². The van der Waals surface area contributed by atoms with E-state index in [0.717, 1.165) is 18.7 Å². The van der Waals surface area contributed by atoms with Crippen LogP contribution in [0.3, 0.4) is 0 Å². The zero-order chi connectivity index (χ0) is 10.1. The van der Waals surface area contributed by atoms with Crippen LogP contribution in [0.15, 0.2) is 29.0 Å². The molecule has 0 unspecified atom stereocenters. The summed E-state index contributed by atoms with van der Waals surface area (Å²) >= 11 is 0. The molecule has 15 heavy (non-hydrogen) atoms. The Balaban J connectivity index is 1.90. The molecular formula is C10H10N4O. The molecule has 0 spiro atoms. The van der Waals surface area contributed by atoms with Crippen molar-refractivity contribution in [1.29, 1.82) is 0 Å². The van der Waals surface area contributed by atoms with E-state index in [0.29, 0.717) is 17.6 Å². The van der Waals surface area contributed by atoms with Crippen molar-refractivity contribution in [3.05, 3.63) is 30.4 Å². The van der Waals surface area contributed by atoms with E-state index in [1.807, 2.05) is 12.1 Å². The average Bonchev–Trinajstić information content (AvgIpc) is 2.66. The Morgan fingerprint density at radius 2 is 2.33 bits per heavy atom. The van der Waals surface area contributed by atoms with Crippen molar-refractivity contribution in [3.63, 3.8) is 0 Å². The summed E-state index contributed by atoms with van der Waals surface area (Å²) in [6.07, 6.45) is 3.45. The molecule has 76 valence electrons. The first kappa shape index (κ1) is 8.55. The highest BCUT2D eigenvalue weighted by Gasteiger charge is 2.25. The van der Waals surface area contributed by atoms with Gasteiger partial charge < -0.3 is 9.84 Å². The Kier molecular flexibility index (Phi) is 1.96. The fourth-order valence-corrected chi connectivity index (χ4v) is 1.48. The Morgan fingerprint density at radius 3 is 3.00 bits per heavy atom. The van der Waals surface area contributed by atoms with Crippen LogP contribution >= 0.6 is 0 Å². The SMILES string of the molecule is c1cncc(-c2noc(C3CNC3)n2)c1. The highest BCUT2D eigenvalue weighted by molar-refractivity contribution is 5.51. The van der Waals surface area contributed by atoms with Gasteiger partial charge in [0.05, 0.1) is 5.92 Å². The van der Waals surface area contributed by atoms with Gasteiger partial charge in [-0.2, -0.15) is 4.98 Å². The fraction of sp³-hybridized carbons (Fsp3) is 0.300. The maximum Gasteiger partial charge on any atom is 0.232 e. The summed E-state index contributed by atoms with van der Waals surface area (Å²) in [5, 5.41) is 7.10. The first-order valence-corrected chi connectivity index (χ1v) is 4.88.